The fourth-order valence-electron chi connectivity index (χ4n) is 0.973. The number of hydrogen-bond acceptors (Lipinski definition) is 5. The van der Waals surface area contributed by atoms with Gasteiger partial charge >= 0.3 is 6.09 Å². The second-order valence-corrected chi connectivity index (χ2v) is 4.30. The minimum absolute atomic E-state index is 0.0278. The predicted octanol–water partition coefficient (Wildman–Crippen LogP) is 1.86. The normalized spacial score (nSPS) is 10.1. The predicted molar refractivity (Wildman–Crippen MR) is 61.3 cm³/mol. The van der Waals surface area contributed by atoms with Crippen molar-refractivity contribution in [2.24, 2.45) is 0 Å². The minimum Gasteiger partial charge on any atom is -0.452 e. The largest absolute Gasteiger partial charge is 0.452 e. The number of aliphatic hydroxyl groups is 1. The van der Waals surface area contributed by atoms with Crippen molar-refractivity contribution < 1.29 is 14.6 Å². The maximum absolute atomic E-state index is 11.4. The van der Waals surface area contributed by atoms with Gasteiger partial charge in [-0.1, -0.05) is 0 Å². The van der Waals surface area contributed by atoms with Crippen molar-refractivity contribution in [2.45, 2.75) is 6.42 Å². The van der Waals surface area contributed by atoms with Gasteiger partial charge in [-0.05, 0) is 22.4 Å². The van der Waals surface area contributed by atoms with Gasteiger partial charge in [0.2, 0.25) is 0 Å². The molecule has 1 amide bonds. The van der Waals surface area contributed by atoms with Crippen LogP contribution in [0.15, 0.2) is 9.98 Å². The molecule has 1 rings (SSSR count). The van der Waals surface area contributed by atoms with E-state index in [2.05, 4.69) is 25.7 Å². The summed E-state index contributed by atoms with van der Waals surface area (Å²) < 4.78 is 5.31. The van der Waals surface area contributed by atoms with Crippen molar-refractivity contribution in [3.8, 4) is 0 Å². The molecule has 0 atom stereocenters. The van der Waals surface area contributed by atoms with E-state index in [1.165, 1.54) is 23.3 Å². The molecule has 0 radical (unpaired) electrons. The number of rotatable bonds is 4. The molecule has 0 bridgehead atoms. The van der Waals surface area contributed by atoms with E-state index < -0.39 is 6.09 Å². The number of aliphatic hydroxyl groups excluding tert-OH is 1. The van der Waals surface area contributed by atoms with E-state index in [0.29, 0.717) is 22.7 Å². The van der Waals surface area contributed by atoms with Gasteiger partial charge in [-0.3, -0.25) is 4.90 Å². The van der Waals surface area contributed by atoms with Crippen LogP contribution in [0.3, 0.4) is 0 Å². The minimum atomic E-state index is -0.467. The molecule has 84 valence electrons. The van der Waals surface area contributed by atoms with Crippen LogP contribution < -0.4 is 4.90 Å². The van der Waals surface area contributed by atoms with Crippen molar-refractivity contribution >= 4 is 38.5 Å². The van der Waals surface area contributed by atoms with Crippen LogP contribution in [-0.2, 0) is 4.74 Å². The van der Waals surface area contributed by atoms with Gasteiger partial charge < -0.3 is 9.84 Å². The van der Waals surface area contributed by atoms with Crippen LogP contribution in [0, 0.1) is 0 Å². The van der Waals surface area contributed by atoms with E-state index in [4.69, 9.17) is 5.11 Å². The van der Waals surface area contributed by atoms with Crippen LogP contribution in [-0.4, -0.2) is 36.4 Å². The second kappa shape index (κ2) is 6.04. The van der Waals surface area contributed by atoms with Crippen LogP contribution in [0.5, 0.6) is 0 Å². The van der Waals surface area contributed by atoms with Gasteiger partial charge in [-0.2, -0.15) is 0 Å². The maximum atomic E-state index is 11.4. The van der Waals surface area contributed by atoms with E-state index >= 15 is 0 Å². The monoisotopic (exact) mass is 294 g/mol. The Hall–Kier alpha value is -0.660. The number of nitrogens with zero attached hydrogens (tertiary/aromatic N) is 2. The molecule has 0 aliphatic carbocycles. The SMILES string of the molecule is COC(=O)N(CCCO)c1nc(Br)cs1. The summed E-state index contributed by atoms with van der Waals surface area (Å²) >= 11 is 4.55. The summed E-state index contributed by atoms with van der Waals surface area (Å²) in [7, 11) is 1.32. The highest BCUT2D eigenvalue weighted by Crippen LogP contribution is 2.24. The molecule has 0 spiro atoms. The molecule has 5 nitrogen and oxygen atoms in total. The van der Waals surface area contributed by atoms with E-state index in [1.54, 1.807) is 5.38 Å². The molecule has 0 fully saturated rings. The van der Waals surface area contributed by atoms with Gasteiger partial charge in [-0.15, -0.1) is 11.3 Å². The summed E-state index contributed by atoms with van der Waals surface area (Å²) in [5, 5.41) is 11.1. The summed E-state index contributed by atoms with van der Waals surface area (Å²) in [4.78, 5) is 16.9. The second-order valence-electron chi connectivity index (χ2n) is 2.65. The number of carbonyl (C=O) groups excluding carboxylic acids is 1. The molecule has 1 N–H and O–H groups in total. The zero-order chi connectivity index (χ0) is 11.3. The molecule has 0 unspecified atom stereocenters. The van der Waals surface area contributed by atoms with Crippen molar-refractivity contribution in [2.75, 3.05) is 25.2 Å². The third-order valence-corrected chi connectivity index (χ3v) is 3.20. The van der Waals surface area contributed by atoms with E-state index in [-0.39, 0.29) is 6.61 Å². The Morgan fingerprint density at radius 3 is 3.00 bits per heavy atom. The molecule has 0 saturated carbocycles. The third-order valence-electron chi connectivity index (χ3n) is 1.63. The Morgan fingerprint density at radius 1 is 1.80 bits per heavy atom. The summed E-state index contributed by atoms with van der Waals surface area (Å²) in [6, 6.07) is 0. The Balaban J connectivity index is 2.76. The molecule has 15 heavy (non-hydrogen) atoms. The van der Waals surface area contributed by atoms with Crippen LogP contribution in [0.25, 0.3) is 0 Å². The number of amides is 1. The van der Waals surface area contributed by atoms with E-state index in [0.717, 1.165) is 0 Å². The average Bonchev–Trinajstić information content (AvgIpc) is 2.65. The van der Waals surface area contributed by atoms with Gasteiger partial charge in [0.1, 0.15) is 4.60 Å². The highest BCUT2D eigenvalue weighted by molar-refractivity contribution is 9.10. The highest BCUT2D eigenvalue weighted by Gasteiger charge is 2.18. The summed E-state index contributed by atoms with van der Waals surface area (Å²) in [6.07, 6.45) is 0.0250. The first-order valence-electron chi connectivity index (χ1n) is 4.26. The number of hydrogen-bond donors (Lipinski definition) is 1. The zero-order valence-electron chi connectivity index (χ0n) is 8.14. The molecule has 1 aromatic heterocycles. The van der Waals surface area contributed by atoms with E-state index in [1.807, 2.05) is 0 Å². The summed E-state index contributed by atoms with van der Waals surface area (Å²) in [5.41, 5.74) is 0. The lowest BCUT2D eigenvalue weighted by atomic mass is 10.4. The number of halogens is 1. The number of methoxy groups -OCH3 is 1. The quantitative estimate of drug-likeness (QED) is 0.921. The first-order valence-corrected chi connectivity index (χ1v) is 5.93. The molecule has 7 heteroatoms. The van der Waals surface area contributed by atoms with Gasteiger partial charge in [0.05, 0.1) is 7.11 Å². The standard InChI is InChI=1S/C8H11BrN2O3S/c1-14-8(13)11(3-2-4-12)7-10-6(9)5-15-7/h5,12H,2-4H2,1H3. The number of ether oxygens (including phenoxy) is 1. The Labute approximate surface area is 99.8 Å². The van der Waals surface area contributed by atoms with Gasteiger partial charge in [0.25, 0.3) is 0 Å². The van der Waals surface area contributed by atoms with Gasteiger partial charge in [-0.25, -0.2) is 9.78 Å². The first kappa shape index (κ1) is 12.4. The number of aromatic nitrogens is 1. The van der Waals surface area contributed by atoms with Gasteiger partial charge in [0.15, 0.2) is 5.13 Å². The summed E-state index contributed by atoms with van der Waals surface area (Å²) in [5.74, 6) is 0. The lowest BCUT2D eigenvalue weighted by molar-refractivity contribution is 0.177. The molecule has 0 saturated heterocycles. The Bertz CT molecular complexity index is 331. The smallest absolute Gasteiger partial charge is 0.415 e. The molecule has 0 aliphatic heterocycles. The van der Waals surface area contributed by atoms with Crippen LogP contribution in [0.2, 0.25) is 0 Å². The third kappa shape index (κ3) is 3.44. The zero-order valence-corrected chi connectivity index (χ0v) is 10.5. The lowest BCUT2D eigenvalue weighted by Crippen LogP contribution is -2.32. The highest BCUT2D eigenvalue weighted by atomic mass is 79.9. The fraction of sp³-hybridized carbons (Fsp3) is 0.500. The van der Waals surface area contributed by atoms with Crippen LogP contribution >= 0.6 is 27.3 Å². The van der Waals surface area contributed by atoms with Crippen molar-refractivity contribution in [3.63, 3.8) is 0 Å². The lowest BCUT2D eigenvalue weighted by Gasteiger charge is -2.17. The van der Waals surface area contributed by atoms with Crippen LogP contribution in [0.4, 0.5) is 9.93 Å². The number of anilines is 1. The molecular formula is C8H11BrN2O3S. The fourth-order valence-corrected chi connectivity index (χ4v) is 2.24. The first-order chi connectivity index (χ1) is 7.19. The molecular weight excluding hydrogens is 284 g/mol. The van der Waals surface area contributed by atoms with Gasteiger partial charge in [0, 0.05) is 18.5 Å². The molecule has 1 heterocycles. The molecule has 0 aliphatic rings. The van der Waals surface area contributed by atoms with Crippen molar-refractivity contribution in [1.82, 2.24) is 4.98 Å². The topological polar surface area (TPSA) is 62.7 Å². The molecule has 1 aromatic rings. The Morgan fingerprint density at radius 2 is 2.53 bits per heavy atom. The average molecular weight is 295 g/mol. The number of carbonyl (C=O) groups is 1. The Kier molecular flexibility index (Phi) is 5.00. The van der Waals surface area contributed by atoms with Crippen molar-refractivity contribution in [1.29, 1.82) is 0 Å². The van der Waals surface area contributed by atoms with E-state index in [9.17, 15) is 4.79 Å². The summed E-state index contributed by atoms with van der Waals surface area (Å²) in [6.45, 7) is 0.420. The number of thiazole rings is 1. The van der Waals surface area contributed by atoms with Crippen LogP contribution in [0.1, 0.15) is 6.42 Å². The maximum Gasteiger partial charge on any atom is 0.415 e. The van der Waals surface area contributed by atoms with Crippen molar-refractivity contribution in [3.05, 3.63) is 9.98 Å². The molecule has 0 aromatic carbocycles.